The van der Waals surface area contributed by atoms with Crippen LogP contribution in [0.1, 0.15) is 0 Å². The van der Waals surface area contributed by atoms with Crippen molar-refractivity contribution in [3.8, 4) is 11.5 Å². The van der Waals surface area contributed by atoms with Crippen molar-refractivity contribution in [2.75, 3.05) is 76.4 Å². The molecule has 0 radical (unpaired) electrons. The molecule has 30 heavy (non-hydrogen) atoms. The van der Waals surface area contributed by atoms with Crippen LogP contribution in [0, 0.1) is 0 Å². The van der Waals surface area contributed by atoms with Crippen LogP contribution in [0.25, 0.3) is 0 Å². The Hall–Kier alpha value is -1.86. The molecule has 4 rings (SSSR count). The van der Waals surface area contributed by atoms with Crippen LogP contribution < -0.4 is 29.9 Å². The maximum atomic E-state index is 6.19. The lowest BCUT2D eigenvalue weighted by Gasteiger charge is -2.30. The van der Waals surface area contributed by atoms with Gasteiger partial charge in [0.2, 0.25) is 0 Å². The first kappa shape index (κ1) is 22.8. The van der Waals surface area contributed by atoms with Crippen molar-refractivity contribution in [3.05, 3.63) is 46.4 Å². The second-order valence-corrected chi connectivity index (χ2v) is 7.93. The van der Waals surface area contributed by atoms with E-state index in [0.29, 0.717) is 15.8 Å². The predicted octanol–water partition coefficient (Wildman–Crippen LogP) is 3.52. The summed E-state index contributed by atoms with van der Waals surface area (Å²) in [5.74, 6) is 1.60. The van der Waals surface area contributed by atoms with Gasteiger partial charge < -0.3 is 29.9 Å². The van der Waals surface area contributed by atoms with E-state index in [2.05, 4.69) is 32.6 Å². The lowest BCUT2D eigenvalue weighted by Crippen LogP contribution is -2.43. The fourth-order valence-corrected chi connectivity index (χ4v) is 4.13. The summed E-state index contributed by atoms with van der Waals surface area (Å²) in [7, 11) is 3.31. The van der Waals surface area contributed by atoms with Crippen LogP contribution in [0.15, 0.2) is 36.4 Å². The smallest absolute Gasteiger partial charge is 0.139 e. The number of piperazine rings is 2. The summed E-state index contributed by atoms with van der Waals surface area (Å²) in [5, 5.41) is 7.86. The SMILES string of the molecule is COc1cc(N2CCNCC2)c(Cl)cc1Cl.COc1cccc(N2CCNCC2)c1. The molecule has 164 valence electrons. The third-order valence-corrected chi connectivity index (χ3v) is 5.81. The summed E-state index contributed by atoms with van der Waals surface area (Å²) >= 11 is 12.2. The van der Waals surface area contributed by atoms with Crippen LogP contribution >= 0.6 is 23.2 Å². The Labute approximate surface area is 189 Å². The molecule has 2 saturated heterocycles. The van der Waals surface area contributed by atoms with Gasteiger partial charge in [0.05, 0.1) is 30.0 Å². The van der Waals surface area contributed by atoms with Crippen LogP contribution in [0.2, 0.25) is 10.0 Å². The van der Waals surface area contributed by atoms with Crippen LogP contribution in [0.4, 0.5) is 11.4 Å². The normalized spacial score (nSPS) is 16.5. The molecular formula is C22H30Cl2N4O2. The van der Waals surface area contributed by atoms with Gasteiger partial charge in [0.15, 0.2) is 0 Å². The molecule has 0 aromatic heterocycles. The van der Waals surface area contributed by atoms with E-state index in [0.717, 1.165) is 63.8 Å². The summed E-state index contributed by atoms with van der Waals surface area (Å²) in [6.07, 6.45) is 0. The Bertz CT molecular complexity index is 810. The molecule has 2 aliphatic rings. The van der Waals surface area contributed by atoms with E-state index in [-0.39, 0.29) is 0 Å². The van der Waals surface area contributed by atoms with Crippen LogP contribution in [0.5, 0.6) is 11.5 Å². The quantitative estimate of drug-likeness (QED) is 0.739. The Morgan fingerprint density at radius 1 is 0.767 bits per heavy atom. The second kappa shape index (κ2) is 11.5. The lowest BCUT2D eigenvalue weighted by molar-refractivity contribution is 0.414. The van der Waals surface area contributed by atoms with Gasteiger partial charge in [0.25, 0.3) is 0 Å². The first-order valence-corrected chi connectivity index (χ1v) is 11.0. The van der Waals surface area contributed by atoms with Crippen molar-refractivity contribution in [2.24, 2.45) is 0 Å². The van der Waals surface area contributed by atoms with Gasteiger partial charge in [-0.1, -0.05) is 29.3 Å². The van der Waals surface area contributed by atoms with E-state index in [1.807, 2.05) is 18.2 Å². The molecule has 6 nitrogen and oxygen atoms in total. The topological polar surface area (TPSA) is 49.0 Å². The molecular weight excluding hydrogens is 423 g/mol. The molecule has 2 N–H and O–H groups in total. The predicted molar refractivity (Wildman–Crippen MR) is 126 cm³/mol. The number of nitrogens with one attached hydrogen (secondary N) is 2. The van der Waals surface area contributed by atoms with Crippen LogP contribution in [-0.2, 0) is 0 Å². The maximum Gasteiger partial charge on any atom is 0.139 e. The Morgan fingerprint density at radius 2 is 1.40 bits per heavy atom. The van der Waals surface area contributed by atoms with Crippen molar-refractivity contribution in [3.63, 3.8) is 0 Å². The summed E-state index contributed by atoms with van der Waals surface area (Å²) in [5.41, 5.74) is 2.25. The third kappa shape index (κ3) is 6.08. The fraction of sp³-hybridized carbons (Fsp3) is 0.455. The van der Waals surface area contributed by atoms with Gasteiger partial charge in [-0.15, -0.1) is 0 Å². The standard InChI is InChI=1S/C11H14Cl2N2O.C11H16N2O/c1-16-11-7-10(8(12)6-9(11)13)15-4-2-14-3-5-15;1-14-11-4-2-3-10(9-11)13-7-5-12-6-8-13/h6-7,14H,2-5H2,1H3;2-4,9,12H,5-8H2,1H3. The molecule has 2 aromatic carbocycles. The first-order chi connectivity index (χ1) is 14.6. The molecule has 0 saturated carbocycles. The molecule has 0 amide bonds. The molecule has 2 fully saturated rings. The lowest BCUT2D eigenvalue weighted by atomic mass is 10.2. The molecule has 8 heteroatoms. The molecule has 2 heterocycles. The second-order valence-electron chi connectivity index (χ2n) is 7.11. The molecule has 2 aliphatic heterocycles. The summed E-state index contributed by atoms with van der Waals surface area (Å²) in [6, 6.07) is 11.9. The number of methoxy groups -OCH3 is 2. The molecule has 0 atom stereocenters. The number of benzene rings is 2. The Morgan fingerprint density at radius 3 is 2.00 bits per heavy atom. The minimum Gasteiger partial charge on any atom is -0.497 e. The average molecular weight is 453 g/mol. The van der Waals surface area contributed by atoms with Gasteiger partial charge in [-0.05, 0) is 18.2 Å². The molecule has 2 aromatic rings. The monoisotopic (exact) mass is 452 g/mol. The summed E-state index contributed by atoms with van der Waals surface area (Å²) < 4.78 is 10.4. The highest BCUT2D eigenvalue weighted by atomic mass is 35.5. The van der Waals surface area contributed by atoms with Crippen LogP contribution in [0.3, 0.4) is 0 Å². The Kier molecular flexibility index (Phi) is 8.75. The van der Waals surface area contributed by atoms with E-state index in [9.17, 15) is 0 Å². The highest BCUT2D eigenvalue weighted by molar-refractivity contribution is 6.37. The molecule has 0 bridgehead atoms. The molecule has 0 aliphatic carbocycles. The number of anilines is 2. The van der Waals surface area contributed by atoms with Crippen molar-refractivity contribution in [2.45, 2.75) is 0 Å². The Balaban J connectivity index is 0.000000172. The minimum atomic E-state index is 0.548. The summed E-state index contributed by atoms with van der Waals surface area (Å²) in [4.78, 5) is 4.61. The van der Waals surface area contributed by atoms with E-state index >= 15 is 0 Å². The van der Waals surface area contributed by atoms with Gasteiger partial charge in [-0.2, -0.15) is 0 Å². The van der Waals surface area contributed by atoms with E-state index in [1.54, 1.807) is 20.3 Å². The van der Waals surface area contributed by atoms with Crippen molar-refractivity contribution >= 4 is 34.6 Å². The van der Waals surface area contributed by atoms with Gasteiger partial charge in [0, 0.05) is 70.2 Å². The largest absolute Gasteiger partial charge is 0.497 e. The van der Waals surface area contributed by atoms with Crippen LogP contribution in [-0.4, -0.2) is 66.6 Å². The zero-order valence-electron chi connectivity index (χ0n) is 17.6. The number of hydrogen-bond acceptors (Lipinski definition) is 6. The number of hydrogen-bond donors (Lipinski definition) is 2. The third-order valence-electron chi connectivity index (χ3n) is 5.21. The maximum absolute atomic E-state index is 6.19. The minimum absolute atomic E-state index is 0.548. The molecule has 0 spiro atoms. The summed E-state index contributed by atoms with van der Waals surface area (Å²) in [6.45, 7) is 8.13. The highest BCUT2D eigenvalue weighted by Crippen LogP contribution is 2.36. The number of rotatable bonds is 4. The van der Waals surface area contributed by atoms with E-state index < -0.39 is 0 Å². The number of ether oxygens (including phenoxy) is 2. The zero-order chi connectivity index (χ0) is 21.3. The van der Waals surface area contributed by atoms with E-state index in [4.69, 9.17) is 32.7 Å². The van der Waals surface area contributed by atoms with Gasteiger partial charge in [0.1, 0.15) is 11.5 Å². The van der Waals surface area contributed by atoms with Gasteiger partial charge in [-0.3, -0.25) is 0 Å². The fourth-order valence-electron chi connectivity index (χ4n) is 3.55. The number of halogens is 2. The average Bonchev–Trinajstić information content (AvgIpc) is 2.81. The van der Waals surface area contributed by atoms with Crippen molar-refractivity contribution in [1.82, 2.24) is 10.6 Å². The highest BCUT2D eigenvalue weighted by Gasteiger charge is 2.16. The number of nitrogens with zero attached hydrogens (tertiary/aromatic N) is 2. The van der Waals surface area contributed by atoms with Gasteiger partial charge >= 0.3 is 0 Å². The van der Waals surface area contributed by atoms with Crippen molar-refractivity contribution < 1.29 is 9.47 Å². The van der Waals surface area contributed by atoms with E-state index in [1.165, 1.54) is 5.69 Å². The molecule has 0 unspecified atom stereocenters. The van der Waals surface area contributed by atoms with Gasteiger partial charge in [-0.25, -0.2) is 0 Å². The van der Waals surface area contributed by atoms with Crippen molar-refractivity contribution in [1.29, 1.82) is 0 Å². The first-order valence-electron chi connectivity index (χ1n) is 10.2. The zero-order valence-corrected chi connectivity index (χ0v) is 19.1.